The van der Waals surface area contributed by atoms with Crippen LogP contribution < -0.4 is 0 Å². The van der Waals surface area contributed by atoms with Crippen molar-refractivity contribution in [3.05, 3.63) is 35.4 Å². The summed E-state index contributed by atoms with van der Waals surface area (Å²) in [5.74, 6) is -1.30. The van der Waals surface area contributed by atoms with Crippen molar-refractivity contribution in [2.24, 2.45) is 5.92 Å². The van der Waals surface area contributed by atoms with E-state index in [1.54, 1.807) is 24.3 Å². The Bertz CT molecular complexity index is 421. The Morgan fingerprint density at radius 3 is 2.17 bits per heavy atom. The molecular formula is C15H19FO2. The van der Waals surface area contributed by atoms with Gasteiger partial charge in [0.15, 0.2) is 5.78 Å². The van der Waals surface area contributed by atoms with Crippen LogP contribution in [0.2, 0.25) is 0 Å². The molecule has 0 aromatic heterocycles. The van der Waals surface area contributed by atoms with Crippen molar-refractivity contribution in [3.8, 4) is 0 Å². The van der Waals surface area contributed by atoms with Crippen LogP contribution in [-0.2, 0) is 11.2 Å². The van der Waals surface area contributed by atoms with Crippen LogP contribution in [0.1, 0.15) is 43.1 Å². The molecule has 0 heterocycles. The molecule has 98 valence electrons. The van der Waals surface area contributed by atoms with Gasteiger partial charge in [-0.1, -0.05) is 45.0 Å². The van der Waals surface area contributed by atoms with Gasteiger partial charge in [-0.15, -0.1) is 0 Å². The minimum atomic E-state index is -2.03. The molecule has 0 fully saturated rings. The SMILES string of the molecule is CCc1ccc(C(=O)C(F)C(=O)CC(C)C)cc1. The van der Waals surface area contributed by atoms with Crippen molar-refractivity contribution < 1.29 is 14.0 Å². The monoisotopic (exact) mass is 250 g/mol. The predicted molar refractivity (Wildman–Crippen MR) is 69.5 cm³/mol. The standard InChI is InChI=1S/C15H19FO2/c1-4-11-5-7-12(8-6-11)15(18)14(16)13(17)9-10(2)3/h5-8,10,14H,4,9H2,1-3H3. The van der Waals surface area contributed by atoms with Crippen molar-refractivity contribution in [2.75, 3.05) is 0 Å². The van der Waals surface area contributed by atoms with Gasteiger partial charge in [0.1, 0.15) is 0 Å². The minimum absolute atomic E-state index is 0.0611. The Hall–Kier alpha value is -1.51. The molecule has 0 N–H and O–H groups in total. The van der Waals surface area contributed by atoms with Crippen LogP contribution in [0.3, 0.4) is 0 Å². The summed E-state index contributed by atoms with van der Waals surface area (Å²) in [4.78, 5) is 23.3. The van der Waals surface area contributed by atoms with Crippen LogP contribution in [0.5, 0.6) is 0 Å². The third kappa shape index (κ3) is 3.76. The molecule has 0 saturated heterocycles. The highest BCUT2D eigenvalue weighted by molar-refractivity contribution is 6.13. The molecule has 1 aromatic carbocycles. The Morgan fingerprint density at radius 1 is 1.17 bits per heavy atom. The van der Waals surface area contributed by atoms with Crippen molar-refractivity contribution in [3.63, 3.8) is 0 Å². The number of halogens is 1. The first kappa shape index (κ1) is 14.6. The van der Waals surface area contributed by atoms with Gasteiger partial charge in [0.05, 0.1) is 0 Å². The summed E-state index contributed by atoms with van der Waals surface area (Å²) in [6, 6.07) is 6.73. The highest BCUT2D eigenvalue weighted by Crippen LogP contribution is 2.13. The largest absolute Gasteiger partial charge is 0.296 e. The normalized spacial score (nSPS) is 12.5. The molecule has 0 bridgehead atoms. The molecule has 1 aromatic rings. The number of ketones is 2. The number of carbonyl (C=O) groups is 2. The maximum atomic E-state index is 13.7. The first-order valence-corrected chi connectivity index (χ1v) is 6.25. The number of aryl methyl sites for hydroxylation is 1. The number of hydrogen-bond donors (Lipinski definition) is 0. The summed E-state index contributed by atoms with van der Waals surface area (Å²) >= 11 is 0. The van der Waals surface area contributed by atoms with E-state index >= 15 is 0 Å². The van der Waals surface area contributed by atoms with Gasteiger partial charge in [-0.2, -0.15) is 0 Å². The lowest BCUT2D eigenvalue weighted by Crippen LogP contribution is -2.26. The molecule has 1 unspecified atom stereocenters. The molecular weight excluding hydrogens is 231 g/mol. The summed E-state index contributed by atoms with van der Waals surface area (Å²) in [5.41, 5.74) is 1.34. The molecule has 0 radical (unpaired) electrons. The Morgan fingerprint density at radius 2 is 1.72 bits per heavy atom. The van der Waals surface area contributed by atoms with Crippen molar-refractivity contribution >= 4 is 11.6 Å². The Balaban J connectivity index is 2.76. The molecule has 0 aliphatic carbocycles. The first-order chi connectivity index (χ1) is 8.45. The van der Waals surface area contributed by atoms with Gasteiger partial charge >= 0.3 is 0 Å². The summed E-state index contributed by atoms with van der Waals surface area (Å²) in [6.07, 6.45) is -1.07. The van der Waals surface area contributed by atoms with E-state index in [2.05, 4.69) is 0 Å². The van der Waals surface area contributed by atoms with Crippen LogP contribution in [0.15, 0.2) is 24.3 Å². The van der Waals surface area contributed by atoms with Gasteiger partial charge in [0.2, 0.25) is 12.0 Å². The summed E-state index contributed by atoms with van der Waals surface area (Å²) in [7, 11) is 0. The van der Waals surface area contributed by atoms with E-state index in [9.17, 15) is 14.0 Å². The molecule has 0 aliphatic rings. The van der Waals surface area contributed by atoms with E-state index in [1.807, 2.05) is 20.8 Å². The number of benzene rings is 1. The maximum Gasteiger partial charge on any atom is 0.220 e. The molecule has 0 spiro atoms. The van der Waals surface area contributed by atoms with Gasteiger partial charge in [0, 0.05) is 12.0 Å². The number of Topliss-reactive ketones (excluding diaryl/α,β-unsaturated/α-hetero) is 2. The van der Waals surface area contributed by atoms with Gasteiger partial charge in [0.25, 0.3) is 0 Å². The molecule has 3 heteroatoms. The maximum absolute atomic E-state index is 13.7. The number of alkyl halides is 1. The fraction of sp³-hybridized carbons (Fsp3) is 0.467. The molecule has 1 rings (SSSR count). The zero-order valence-electron chi connectivity index (χ0n) is 11.1. The Labute approximate surface area is 107 Å². The molecule has 1 atom stereocenters. The van der Waals surface area contributed by atoms with Crippen LogP contribution in [0.4, 0.5) is 4.39 Å². The molecule has 0 aliphatic heterocycles. The quantitative estimate of drug-likeness (QED) is 0.573. The summed E-state index contributed by atoms with van der Waals surface area (Å²) < 4.78 is 13.7. The molecule has 2 nitrogen and oxygen atoms in total. The van der Waals surface area contributed by atoms with Gasteiger partial charge in [-0.05, 0) is 17.9 Å². The second-order valence-electron chi connectivity index (χ2n) is 4.84. The van der Waals surface area contributed by atoms with Gasteiger partial charge < -0.3 is 0 Å². The molecule has 0 amide bonds. The summed E-state index contributed by atoms with van der Waals surface area (Å²) in [5, 5.41) is 0. The van der Waals surface area contributed by atoms with E-state index in [0.29, 0.717) is 0 Å². The van der Waals surface area contributed by atoms with Gasteiger partial charge in [-0.25, -0.2) is 4.39 Å². The zero-order chi connectivity index (χ0) is 13.7. The van der Waals surface area contributed by atoms with E-state index < -0.39 is 17.7 Å². The van der Waals surface area contributed by atoms with Crippen LogP contribution in [-0.4, -0.2) is 17.7 Å². The lowest BCUT2D eigenvalue weighted by Gasteiger charge is -2.08. The topological polar surface area (TPSA) is 34.1 Å². The average Bonchev–Trinajstić information content (AvgIpc) is 2.36. The highest BCUT2D eigenvalue weighted by Gasteiger charge is 2.27. The average molecular weight is 250 g/mol. The highest BCUT2D eigenvalue weighted by atomic mass is 19.1. The number of rotatable bonds is 6. The van der Waals surface area contributed by atoms with Crippen LogP contribution in [0, 0.1) is 5.92 Å². The number of carbonyl (C=O) groups excluding carboxylic acids is 2. The zero-order valence-corrected chi connectivity index (χ0v) is 11.1. The third-order valence-corrected chi connectivity index (χ3v) is 2.77. The second-order valence-corrected chi connectivity index (χ2v) is 4.84. The first-order valence-electron chi connectivity index (χ1n) is 6.25. The van der Waals surface area contributed by atoms with E-state index in [-0.39, 0.29) is 17.9 Å². The summed E-state index contributed by atoms with van der Waals surface area (Å²) in [6.45, 7) is 5.65. The Kier molecular flexibility index (Phi) is 5.20. The smallest absolute Gasteiger partial charge is 0.220 e. The van der Waals surface area contributed by atoms with Crippen LogP contribution >= 0.6 is 0 Å². The van der Waals surface area contributed by atoms with Crippen molar-refractivity contribution in [1.29, 1.82) is 0 Å². The predicted octanol–water partition coefficient (Wildman–Crippen LogP) is 3.39. The lowest BCUT2D eigenvalue weighted by molar-refractivity contribution is -0.122. The molecule has 0 saturated carbocycles. The van der Waals surface area contributed by atoms with E-state index in [1.165, 1.54) is 0 Å². The van der Waals surface area contributed by atoms with E-state index in [4.69, 9.17) is 0 Å². The lowest BCUT2D eigenvalue weighted by atomic mass is 9.98. The van der Waals surface area contributed by atoms with Crippen molar-refractivity contribution in [2.45, 2.75) is 39.8 Å². The van der Waals surface area contributed by atoms with Crippen molar-refractivity contribution in [1.82, 2.24) is 0 Å². The fourth-order valence-electron chi connectivity index (χ4n) is 1.70. The van der Waals surface area contributed by atoms with Crippen LogP contribution in [0.25, 0.3) is 0 Å². The fourth-order valence-corrected chi connectivity index (χ4v) is 1.70. The minimum Gasteiger partial charge on any atom is -0.296 e. The second kappa shape index (κ2) is 6.43. The third-order valence-electron chi connectivity index (χ3n) is 2.77. The molecule has 18 heavy (non-hydrogen) atoms. The van der Waals surface area contributed by atoms with E-state index in [0.717, 1.165) is 12.0 Å². The number of hydrogen-bond acceptors (Lipinski definition) is 2. The van der Waals surface area contributed by atoms with Gasteiger partial charge in [-0.3, -0.25) is 9.59 Å².